The molecule has 0 fully saturated rings. The third kappa shape index (κ3) is 2.58. The van der Waals surface area contributed by atoms with Crippen LogP contribution in [0.2, 0.25) is 10.0 Å². The maximum Gasteiger partial charge on any atom is 0.355 e. The Kier molecular flexibility index (Phi) is 4.10. The molecule has 0 saturated carbocycles. The van der Waals surface area contributed by atoms with Gasteiger partial charge >= 0.3 is 5.97 Å². The lowest BCUT2D eigenvalue weighted by Gasteiger charge is -2.05. The number of benzene rings is 2. The third-order valence-corrected chi connectivity index (χ3v) is 4.10. The van der Waals surface area contributed by atoms with Crippen molar-refractivity contribution in [1.82, 2.24) is 4.98 Å². The Morgan fingerprint density at radius 2 is 1.82 bits per heavy atom. The zero-order valence-electron chi connectivity index (χ0n) is 11.8. The minimum Gasteiger partial charge on any atom is -0.461 e. The molecule has 0 aliphatic carbocycles. The molecule has 0 saturated heterocycles. The highest BCUT2D eigenvalue weighted by atomic mass is 35.5. The van der Waals surface area contributed by atoms with Crippen LogP contribution < -0.4 is 0 Å². The van der Waals surface area contributed by atoms with Crippen molar-refractivity contribution in [3.63, 3.8) is 0 Å². The van der Waals surface area contributed by atoms with E-state index in [0.717, 1.165) is 22.0 Å². The van der Waals surface area contributed by atoms with Crippen LogP contribution in [-0.4, -0.2) is 17.6 Å². The molecule has 0 bridgehead atoms. The van der Waals surface area contributed by atoms with E-state index in [4.69, 9.17) is 27.9 Å². The molecule has 0 aliphatic heterocycles. The van der Waals surface area contributed by atoms with Crippen molar-refractivity contribution < 1.29 is 9.53 Å². The lowest BCUT2D eigenvalue weighted by Crippen LogP contribution is -2.06. The third-order valence-electron chi connectivity index (χ3n) is 3.38. The predicted molar refractivity (Wildman–Crippen MR) is 89.7 cm³/mol. The number of fused-ring (bicyclic) bond motifs is 1. The number of esters is 1. The molecule has 3 aromatic rings. The maximum absolute atomic E-state index is 12.3. The molecule has 5 heteroatoms. The second-order valence-corrected chi connectivity index (χ2v) is 5.59. The molecule has 0 spiro atoms. The first-order chi connectivity index (χ1) is 10.6. The molecule has 3 rings (SSSR count). The molecule has 112 valence electrons. The van der Waals surface area contributed by atoms with Crippen LogP contribution in [0.1, 0.15) is 17.4 Å². The van der Waals surface area contributed by atoms with E-state index in [1.807, 2.05) is 30.3 Å². The van der Waals surface area contributed by atoms with Crippen LogP contribution in [0.15, 0.2) is 42.5 Å². The van der Waals surface area contributed by atoms with E-state index in [9.17, 15) is 4.79 Å². The van der Waals surface area contributed by atoms with E-state index >= 15 is 0 Å². The molecule has 0 aliphatic rings. The Morgan fingerprint density at radius 1 is 1.14 bits per heavy atom. The maximum atomic E-state index is 12.3. The highest BCUT2D eigenvalue weighted by Crippen LogP contribution is 2.37. The summed E-state index contributed by atoms with van der Waals surface area (Å²) in [4.78, 5) is 15.4. The zero-order valence-corrected chi connectivity index (χ0v) is 13.3. The largest absolute Gasteiger partial charge is 0.461 e. The van der Waals surface area contributed by atoms with Crippen molar-refractivity contribution in [3.05, 3.63) is 58.2 Å². The van der Waals surface area contributed by atoms with Gasteiger partial charge in [-0.2, -0.15) is 0 Å². The van der Waals surface area contributed by atoms with Gasteiger partial charge in [-0.15, -0.1) is 0 Å². The fourth-order valence-electron chi connectivity index (χ4n) is 2.45. The fourth-order valence-corrected chi connectivity index (χ4v) is 2.78. The van der Waals surface area contributed by atoms with Gasteiger partial charge in [0.2, 0.25) is 0 Å². The first kappa shape index (κ1) is 14.9. The first-order valence-corrected chi connectivity index (χ1v) is 7.60. The Labute approximate surface area is 137 Å². The molecule has 1 aromatic heterocycles. The van der Waals surface area contributed by atoms with Gasteiger partial charge in [-0.1, -0.05) is 53.5 Å². The summed E-state index contributed by atoms with van der Waals surface area (Å²) in [5, 5.41) is 1.72. The average molecular weight is 334 g/mol. The van der Waals surface area contributed by atoms with Gasteiger partial charge in [0.1, 0.15) is 5.69 Å². The van der Waals surface area contributed by atoms with Crippen molar-refractivity contribution in [2.24, 2.45) is 0 Å². The topological polar surface area (TPSA) is 42.1 Å². The molecule has 0 atom stereocenters. The summed E-state index contributed by atoms with van der Waals surface area (Å²) in [6, 6.07) is 13.1. The number of nitrogens with one attached hydrogen (secondary N) is 1. The predicted octanol–water partition coefficient (Wildman–Crippen LogP) is 5.32. The average Bonchev–Trinajstić information content (AvgIpc) is 2.87. The van der Waals surface area contributed by atoms with Gasteiger partial charge in [0.25, 0.3) is 0 Å². The number of aromatic nitrogens is 1. The van der Waals surface area contributed by atoms with E-state index in [1.165, 1.54) is 0 Å². The minimum absolute atomic E-state index is 0.309. The SMILES string of the molecule is CCOC(=O)c1[nH]c2cc(Cl)c(Cl)cc2c1-c1ccccc1. The molecule has 2 aromatic carbocycles. The van der Waals surface area contributed by atoms with Crippen LogP contribution in [0.25, 0.3) is 22.0 Å². The van der Waals surface area contributed by atoms with E-state index < -0.39 is 5.97 Å². The standard InChI is InChI=1S/C17H13Cl2NO2/c1-2-22-17(21)16-15(10-6-4-3-5-7-10)11-8-12(18)13(19)9-14(11)20-16/h3-9,20H,2H2,1H3. The quantitative estimate of drug-likeness (QED) is 0.659. The van der Waals surface area contributed by atoms with Crippen molar-refractivity contribution >= 4 is 40.1 Å². The lowest BCUT2D eigenvalue weighted by molar-refractivity contribution is 0.0521. The molecule has 1 N–H and O–H groups in total. The van der Waals surface area contributed by atoms with Gasteiger partial charge in [0, 0.05) is 16.5 Å². The van der Waals surface area contributed by atoms with Gasteiger partial charge in [-0.3, -0.25) is 0 Å². The molecule has 1 heterocycles. The van der Waals surface area contributed by atoms with Crippen molar-refractivity contribution in [3.8, 4) is 11.1 Å². The Bertz CT molecular complexity index is 841. The molecule has 0 radical (unpaired) electrons. The van der Waals surface area contributed by atoms with E-state index in [0.29, 0.717) is 22.3 Å². The molecular formula is C17H13Cl2NO2. The van der Waals surface area contributed by atoms with Crippen LogP contribution in [0.3, 0.4) is 0 Å². The summed E-state index contributed by atoms with van der Waals surface area (Å²) in [6.45, 7) is 2.08. The number of hydrogen-bond donors (Lipinski definition) is 1. The summed E-state index contributed by atoms with van der Waals surface area (Å²) in [5.41, 5.74) is 2.83. The highest BCUT2D eigenvalue weighted by molar-refractivity contribution is 6.43. The van der Waals surface area contributed by atoms with Crippen LogP contribution in [0.5, 0.6) is 0 Å². The van der Waals surface area contributed by atoms with Crippen molar-refractivity contribution in [1.29, 1.82) is 0 Å². The number of ether oxygens (including phenoxy) is 1. The first-order valence-electron chi connectivity index (χ1n) is 6.85. The van der Waals surface area contributed by atoms with Crippen LogP contribution in [0, 0.1) is 0 Å². The number of carbonyl (C=O) groups excluding carboxylic acids is 1. The number of rotatable bonds is 3. The van der Waals surface area contributed by atoms with Crippen LogP contribution >= 0.6 is 23.2 Å². The number of aromatic amines is 1. The number of H-pyrrole nitrogens is 1. The van der Waals surface area contributed by atoms with Gasteiger partial charge in [-0.05, 0) is 24.6 Å². The van der Waals surface area contributed by atoms with Gasteiger partial charge in [0.15, 0.2) is 0 Å². The van der Waals surface area contributed by atoms with Crippen molar-refractivity contribution in [2.45, 2.75) is 6.92 Å². The minimum atomic E-state index is -0.398. The van der Waals surface area contributed by atoms with Gasteiger partial charge < -0.3 is 9.72 Å². The Hall–Kier alpha value is -1.97. The highest BCUT2D eigenvalue weighted by Gasteiger charge is 2.21. The summed E-state index contributed by atoms with van der Waals surface area (Å²) < 4.78 is 5.14. The van der Waals surface area contributed by atoms with E-state index in [1.54, 1.807) is 19.1 Å². The Balaban J connectivity index is 2.32. The summed E-state index contributed by atoms with van der Waals surface area (Å²) >= 11 is 12.2. The van der Waals surface area contributed by atoms with Crippen LogP contribution in [-0.2, 0) is 4.74 Å². The van der Waals surface area contributed by atoms with Crippen LogP contribution in [0.4, 0.5) is 0 Å². The summed E-state index contributed by atoms with van der Waals surface area (Å²) in [7, 11) is 0. The molecule has 0 amide bonds. The second kappa shape index (κ2) is 6.03. The number of hydrogen-bond acceptors (Lipinski definition) is 2. The number of halogens is 2. The smallest absolute Gasteiger partial charge is 0.355 e. The summed E-state index contributed by atoms with van der Waals surface area (Å²) in [6.07, 6.45) is 0. The molecule has 22 heavy (non-hydrogen) atoms. The Morgan fingerprint density at radius 3 is 2.50 bits per heavy atom. The monoisotopic (exact) mass is 333 g/mol. The zero-order chi connectivity index (χ0) is 15.7. The summed E-state index contributed by atoms with van der Waals surface area (Å²) in [5.74, 6) is -0.398. The van der Waals surface area contributed by atoms with Gasteiger partial charge in [0.05, 0.1) is 16.7 Å². The number of carbonyl (C=O) groups is 1. The molecule has 0 unspecified atom stereocenters. The van der Waals surface area contributed by atoms with E-state index in [-0.39, 0.29) is 0 Å². The van der Waals surface area contributed by atoms with E-state index in [2.05, 4.69) is 4.98 Å². The van der Waals surface area contributed by atoms with Crippen molar-refractivity contribution in [2.75, 3.05) is 6.61 Å². The van der Waals surface area contributed by atoms with Gasteiger partial charge in [-0.25, -0.2) is 4.79 Å². The lowest BCUT2D eigenvalue weighted by atomic mass is 10.0. The molecular weight excluding hydrogens is 321 g/mol. The second-order valence-electron chi connectivity index (χ2n) is 4.77. The normalized spacial score (nSPS) is 10.9. The fraction of sp³-hybridized carbons (Fsp3) is 0.118. The molecule has 3 nitrogen and oxygen atoms in total.